The SMILES string of the molecule is CC(=O)O.CCc1cc(NCCNCCC(=O)O[C@@H]2C(C)C[C@H](CO[C@H](C(C)C(=O)O[C@H](CC)[C@@](C)(O)[C@H](O)CC)[C@H](C)[C@@H](OC3CC(N(C)C)CC(C)O3)C(C)(C[C@@H](C)/C=N\OCOC)OC)OC2C)ccc1N(/C=C\C(C)=O)C(C)C.CO.CO. The molecule has 0 saturated carbocycles. The topological polar surface area (TPSA) is 295 Å². The molecule has 2 aliphatic rings. The van der Waals surface area contributed by atoms with Crippen LogP contribution in [0.1, 0.15) is 154 Å². The summed E-state index contributed by atoms with van der Waals surface area (Å²) >= 11 is 0. The van der Waals surface area contributed by atoms with Crippen molar-refractivity contribution in [1.29, 1.82) is 0 Å². The molecule has 2 heterocycles. The van der Waals surface area contributed by atoms with Gasteiger partial charge in [-0.05, 0) is 150 Å². The minimum Gasteiger partial charge on any atom is -0.481 e. The van der Waals surface area contributed by atoms with E-state index in [4.69, 9.17) is 62.8 Å². The first-order chi connectivity index (χ1) is 41.0. The molecular weight excluding hydrogens is 1130 g/mol. The number of esters is 2. The van der Waals surface area contributed by atoms with E-state index in [-0.39, 0.29) is 74.4 Å². The Morgan fingerprint density at radius 1 is 0.908 bits per heavy atom. The van der Waals surface area contributed by atoms with Gasteiger partial charge in [0.15, 0.2) is 12.1 Å². The molecule has 87 heavy (non-hydrogen) atoms. The highest BCUT2D eigenvalue weighted by molar-refractivity contribution is 5.87. The second-order valence-corrected chi connectivity index (χ2v) is 23.6. The number of carboxylic acid groups (broad SMARTS) is 1. The molecule has 3 rings (SSSR count). The number of aliphatic hydroxyl groups excluding tert-OH is 3. The lowest BCUT2D eigenvalue weighted by Gasteiger charge is -2.47. The van der Waals surface area contributed by atoms with Gasteiger partial charge in [0.2, 0.25) is 6.79 Å². The van der Waals surface area contributed by atoms with Gasteiger partial charge in [0.05, 0.1) is 61.2 Å². The Balaban J connectivity index is 0.00000876. The number of rotatable bonds is 36. The van der Waals surface area contributed by atoms with E-state index in [1.54, 1.807) is 47.1 Å². The number of carbonyl (C=O) groups excluding carboxylic acids is 3. The van der Waals surface area contributed by atoms with Gasteiger partial charge < -0.3 is 88.7 Å². The Hall–Kier alpha value is -4.37. The summed E-state index contributed by atoms with van der Waals surface area (Å²) < 4.78 is 50.7. The first-order valence-electron chi connectivity index (χ1n) is 30.9. The Morgan fingerprint density at radius 3 is 2.09 bits per heavy atom. The van der Waals surface area contributed by atoms with Crippen molar-refractivity contribution >= 4 is 41.3 Å². The molecular formula is C64H117N5O18. The second kappa shape index (κ2) is 43.4. The zero-order valence-corrected chi connectivity index (χ0v) is 56.7. The van der Waals surface area contributed by atoms with Crippen LogP contribution in [-0.4, -0.2) is 214 Å². The van der Waals surface area contributed by atoms with E-state index in [0.29, 0.717) is 38.9 Å². The molecule has 23 nitrogen and oxygen atoms in total. The maximum Gasteiger partial charge on any atom is 0.311 e. The fourth-order valence-electron chi connectivity index (χ4n) is 11.1. The van der Waals surface area contributed by atoms with Crippen molar-refractivity contribution in [3.63, 3.8) is 0 Å². The standard InChI is InChI=1S/C60H105N5O14.C2H4O2.2CH4O/c1-19-46-32-47(22-23-50(46)65(38(4)5)29-25-41(8)66)62-28-27-61-26-24-53(68)78-55-40(7)30-49(76-45(55)12)36-73-56(44(11)58(69)77-52(21-3)60(14,70)51(67)20-2)43(10)57(79-54-33-48(64(15)16)31-42(9)75-54)59(13,72-18)34-39(6)35-63-74-37-71-17;1-2(3)4;2*1-2/h22-23,25,29,32,35,38-40,42-45,48-49,51-52,54-57,61-62,67,70H,19-21,24,26-28,30-31,33-34,36-37H2,1-18H3;1H3,(H,3,4);2*2H,1H3/b29-25-,63-35-;;;/t39-,40?,42?,43+,44?,45?,48?,49-,51-,52-,54?,55-,56+,57-,59?,60+;;;/m1.../s1. The van der Waals surface area contributed by atoms with Crippen LogP contribution in [0.3, 0.4) is 0 Å². The average molecular weight is 1240 g/mol. The summed E-state index contributed by atoms with van der Waals surface area (Å²) in [5.74, 6) is -3.45. The number of carboxylic acids is 1. The number of aryl methyl sites for hydroxylation is 1. The van der Waals surface area contributed by atoms with Crippen LogP contribution < -0.4 is 15.5 Å². The van der Waals surface area contributed by atoms with Gasteiger partial charge in [0.25, 0.3) is 5.97 Å². The second-order valence-electron chi connectivity index (χ2n) is 23.6. The van der Waals surface area contributed by atoms with Crippen LogP contribution in [0.25, 0.3) is 0 Å². The van der Waals surface area contributed by atoms with Gasteiger partial charge in [0, 0.05) is 103 Å². The van der Waals surface area contributed by atoms with Gasteiger partial charge in [0.1, 0.15) is 17.8 Å². The summed E-state index contributed by atoms with van der Waals surface area (Å²) in [7, 11) is 9.27. The third-order valence-corrected chi connectivity index (χ3v) is 15.7. The van der Waals surface area contributed by atoms with Crippen molar-refractivity contribution < 1.29 is 87.4 Å². The van der Waals surface area contributed by atoms with Crippen LogP contribution in [0, 0.1) is 23.7 Å². The van der Waals surface area contributed by atoms with E-state index in [9.17, 15) is 24.6 Å². The fourth-order valence-corrected chi connectivity index (χ4v) is 11.1. The van der Waals surface area contributed by atoms with E-state index in [2.05, 4.69) is 58.5 Å². The lowest BCUT2D eigenvalue weighted by molar-refractivity contribution is -0.273. The van der Waals surface area contributed by atoms with Crippen LogP contribution in [0.4, 0.5) is 11.4 Å². The molecule has 16 atom stereocenters. The lowest BCUT2D eigenvalue weighted by Crippen LogP contribution is -2.56. The zero-order valence-electron chi connectivity index (χ0n) is 56.7. The average Bonchev–Trinajstić information content (AvgIpc) is 1.44. The fraction of sp³-hybridized carbons (Fsp3) is 0.797. The van der Waals surface area contributed by atoms with Crippen molar-refractivity contribution in [3.8, 4) is 0 Å². The first-order valence-corrected chi connectivity index (χ1v) is 30.9. The predicted molar refractivity (Wildman–Crippen MR) is 339 cm³/mol. The zero-order chi connectivity index (χ0) is 66.8. The van der Waals surface area contributed by atoms with Crippen molar-refractivity contribution in [2.75, 3.05) is 85.8 Å². The van der Waals surface area contributed by atoms with Crippen LogP contribution in [0.15, 0.2) is 35.6 Å². The van der Waals surface area contributed by atoms with E-state index in [0.717, 1.165) is 45.4 Å². The summed E-state index contributed by atoms with van der Waals surface area (Å²) in [6.07, 6.45) is 3.30. The molecule has 0 bridgehead atoms. The molecule has 506 valence electrons. The number of nitrogens with one attached hydrogen (secondary N) is 2. The number of nitrogens with zero attached hydrogens (tertiary/aromatic N) is 3. The molecule has 2 saturated heterocycles. The quantitative estimate of drug-likeness (QED) is 0.00861. The normalized spacial score (nSPS) is 23.3. The number of ether oxygens (including phenoxy) is 8. The predicted octanol–water partition coefficient (Wildman–Crippen LogP) is 7.37. The minimum atomic E-state index is -1.71. The Bertz CT molecular complexity index is 2120. The number of benzene rings is 1. The van der Waals surface area contributed by atoms with Crippen molar-refractivity contribution in [2.45, 2.75) is 234 Å². The molecule has 0 aromatic heterocycles. The molecule has 1 aromatic rings. The number of anilines is 2. The minimum absolute atomic E-state index is 0.00229. The lowest BCUT2D eigenvalue weighted by atomic mass is 9.77. The van der Waals surface area contributed by atoms with Crippen LogP contribution in [0.2, 0.25) is 0 Å². The number of aliphatic carboxylic acids is 1. The maximum atomic E-state index is 14.5. The summed E-state index contributed by atoms with van der Waals surface area (Å²) in [5, 5.41) is 54.6. The number of oxime groups is 1. The largest absolute Gasteiger partial charge is 0.481 e. The first kappa shape index (κ1) is 82.6. The molecule has 0 radical (unpaired) electrons. The van der Waals surface area contributed by atoms with Gasteiger partial charge >= 0.3 is 11.9 Å². The van der Waals surface area contributed by atoms with Gasteiger partial charge in [-0.1, -0.05) is 46.7 Å². The summed E-state index contributed by atoms with van der Waals surface area (Å²) in [5.41, 5.74) is 0.528. The van der Waals surface area contributed by atoms with Crippen molar-refractivity contribution in [2.24, 2.45) is 28.8 Å². The highest BCUT2D eigenvalue weighted by Crippen LogP contribution is 2.39. The van der Waals surface area contributed by atoms with Gasteiger partial charge in [-0.25, -0.2) is 0 Å². The number of aliphatic hydroxyl groups is 4. The highest BCUT2D eigenvalue weighted by Gasteiger charge is 2.49. The molecule has 23 heteroatoms. The number of ketones is 1. The highest BCUT2D eigenvalue weighted by atomic mass is 16.7. The van der Waals surface area contributed by atoms with Gasteiger partial charge in [-0.15, -0.1) is 0 Å². The number of methoxy groups -OCH3 is 2. The summed E-state index contributed by atoms with van der Waals surface area (Å²) in [6, 6.07) is 6.64. The molecule has 2 aliphatic heterocycles. The molecule has 0 aliphatic carbocycles. The Labute approximate surface area is 521 Å². The van der Waals surface area contributed by atoms with Crippen molar-refractivity contribution in [3.05, 3.63) is 36.0 Å². The monoisotopic (exact) mass is 1240 g/mol. The van der Waals surface area contributed by atoms with Crippen LogP contribution in [-0.2, 0) is 68.3 Å². The maximum absolute atomic E-state index is 14.5. The number of hydrogen-bond donors (Lipinski definition) is 7. The molecule has 0 amide bonds. The molecule has 1 aromatic carbocycles. The molecule has 2 fully saturated rings. The number of allylic oxidation sites excluding steroid dienone is 1. The number of hydrogen-bond acceptors (Lipinski definition) is 22. The molecule has 0 spiro atoms. The molecule has 7 unspecified atom stereocenters. The third kappa shape index (κ3) is 29.0. The van der Waals surface area contributed by atoms with Gasteiger partial charge in [-0.3, -0.25) is 19.2 Å². The van der Waals surface area contributed by atoms with E-state index < -0.39 is 84.0 Å². The molecule has 7 N–H and O–H groups in total. The third-order valence-electron chi connectivity index (χ3n) is 15.7. The van der Waals surface area contributed by atoms with E-state index in [1.165, 1.54) is 19.6 Å². The smallest absolute Gasteiger partial charge is 0.311 e. The van der Waals surface area contributed by atoms with Crippen LogP contribution in [0.5, 0.6) is 0 Å². The van der Waals surface area contributed by atoms with Crippen LogP contribution >= 0.6 is 0 Å². The van der Waals surface area contributed by atoms with Crippen molar-refractivity contribution in [1.82, 2.24) is 10.2 Å². The number of carbonyl (C=O) groups is 4. The van der Waals surface area contributed by atoms with E-state index >= 15 is 0 Å². The van der Waals surface area contributed by atoms with E-state index in [1.807, 2.05) is 67.9 Å². The van der Waals surface area contributed by atoms with Gasteiger partial charge in [-0.2, -0.15) is 0 Å². The summed E-state index contributed by atoms with van der Waals surface area (Å²) in [4.78, 5) is 58.0. The summed E-state index contributed by atoms with van der Waals surface area (Å²) in [6.45, 7) is 29.5. The Kier molecular flexibility index (Phi) is 41.2. The Morgan fingerprint density at radius 2 is 1.55 bits per heavy atom.